The van der Waals surface area contributed by atoms with E-state index in [-0.39, 0.29) is 36.7 Å². The molecule has 0 aliphatic rings. The molecule has 0 saturated heterocycles. The van der Waals surface area contributed by atoms with Crippen molar-refractivity contribution in [1.29, 1.82) is 0 Å². The van der Waals surface area contributed by atoms with Crippen LogP contribution in [0.4, 0.5) is 17.6 Å². The number of ketones is 1. The highest BCUT2D eigenvalue weighted by Crippen LogP contribution is 2.19. The topological polar surface area (TPSA) is 35.5 Å². The smallest absolute Gasteiger partial charge is 0.411 e. The van der Waals surface area contributed by atoms with E-state index in [9.17, 15) is 22.4 Å². The lowest BCUT2D eigenvalue weighted by atomic mass is 10.1. The SMILES string of the molecule is CC(=O)c1ccc(OCCCOCC(F)(F)F)c(F)c1. The van der Waals surface area contributed by atoms with Gasteiger partial charge in [-0.15, -0.1) is 0 Å². The lowest BCUT2D eigenvalue weighted by molar-refractivity contribution is -0.174. The number of carbonyl (C=O) groups excluding carboxylic acids is 1. The van der Waals surface area contributed by atoms with Crippen LogP contribution in [0.5, 0.6) is 5.75 Å². The first-order chi connectivity index (χ1) is 9.29. The normalized spacial score (nSPS) is 11.4. The minimum atomic E-state index is -4.35. The number of rotatable bonds is 7. The van der Waals surface area contributed by atoms with E-state index in [1.54, 1.807) is 0 Å². The molecular weight excluding hydrogens is 280 g/mol. The highest BCUT2D eigenvalue weighted by Gasteiger charge is 2.27. The Balaban J connectivity index is 2.31. The van der Waals surface area contributed by atoms with Crippen LogP contribution in [-0.4, -0.2) is 31.8 Å². The van der Waals surface area contributed by atoms with Crippen LogP contribution in [0.1, 0.15) is 23.7 Å². The molecule has 1 aromatic rings. The third-order valence-corrected chi connectivity index (χ3v) is 2.29. The van der Waals surface area contributed by atoms with Gasteiger partial charge in [0.2, 0.25) is 0 Å². The minimum Gasteiger partial charge on any atom is -0.490 e. The molecule has 0 atom stereocenters. The Morgan fingerprint density at radius 1 is 1.25 bits per heavy atom. The molecule has 0 heterocycles. The Kier molecular flexibility index (Phi) is 5.94. The summed E-state index contributed by atoms with van der Waals surface area (Å²) < 4.78 is 58.2. The zero-order valence-corrected chi connectivity index (χ0v) is 10.8. The third-order valence-electron chi connectivity index (χ3n) is 2.29. The summed E-state index contributed by atoms with van der Waals surface area (Å²) in [6.07, 6.45) is -4.15. The Labute approximate surface area is 113 Å². The second-order valence-electron chi connectivity index (χ2n) is 4.07. The summed E-state index contributed by atoms with van der Waals surface area (Å²) in [5.41, 5.74) is 0.225. The van der Waals surface area contributed by atoms with Crippen molar-refractivity contribution in [2.45, 2.75) is 19.5 Å². The molecule has 0 unspecified atom stereocenters. The Hall–Kier alpha value is -1.63. The van der Waals surface area contributed by atoms with Crippen molar-refractivity contribution in [3.8, 4) is 5.75 Å². The lowest BCUT2D eigenvalue weighted by Gasteiger charge is -2.09. The summed E-state index contributed by atoms with van der Waals surface area (Å²) in [4.78, 5) is 11.0. The molecule has 0 saturated carbocycles. The van der Waals surface area contributed by atoms with E-state index >= 15 is 0 Å². The first-order valence-corrected chi connectivity index (χ1v) is 5.87. The van der Waals surface area contributed by atoms with E-state index in [2.05, 4.69) is 4.74 Å². The fourth-order valence-corrected chi connectivity index (χ4v) is 1.37. The van der Waals surface area contributed by atoms with Gasteiger partial charge in [-0.1, -0.05) is 0 Å². The maximum absolute atomic E-state index is 13.5. The maximum Gasteiger partial charge on any atom is 0.411 e. The summed E-state index contributed by atoms with van der Waals surface area (Å²) in [7, 11) is 0. The zero-order chi connectivity index (χ0) is 15.2. The molecule has 0 aromatic heterocycles. The number of ether oxygens (including phenoxy) is 2. The predicted molar refractivity (Wildman–Crippen MR) is 63.4 cm³/mol. The lowest BCUT2D eigenvalue weighted by Crippen LogP contribution is -2.18. The Bertz CT molecular complexity index is 457. The molecule has 7 heteroatoms. The summed E-state index contributed by atoms with van der Waals surface area (Å²) in [5, 5.41) is 0. The van der Waals surface area contributed by atoms with E-state index in [1.807, 2.05) is 0 Å². The maximum atomic E-state index is 13.5. The number of hydrogen-bond acceptors (Lipinski definition) is 3. The second kappa shape index (κ2) is 7.23. The monoisotopic (exact) mass is 294 g/mol. The predicted octanol–water partition coefficient (Wildman–Crippen LogP) is 3.38. The summed E-state index contributed by atoms with van der Waals surface area (Å²) in [6, 6.07) is 3.78. The Morgan fingerprint density at radius 2 is 1.95 bits per heavy atom. The highest BCUT2D eigenvalue weighted by atomic mass is 19.4. The summed E-state index contributed by atoms with van der Waals surface area (Å²) in [5.74, 6) is -1.00. The van der Waals surface area contributed by atoms with Gasteiger partial charge in [-0.3, -0.25) is 4.79 Å². The average molecular weight is 294 g/mol. The zero-order valence-electron chi connectivity index (χ0n) is 10.8. The van der Waals surface area contributed by atoms with E-state index in [0.29, 0.717) is 0 Å². The number of benzene rings is 1. The molecule has 0 amide bonds. The standard InChI is InChI=1S/C13H14F4O3/c1-9(18)10-3-4-12(11(14)7-10)20-6-2-5-19-8-13(15,16)17/h3-4,7H,2,5-6,8H2,1H3. The number of hydrogen-bond donors (Lipinski definition) is 0. The highest BCUT2D eigenvalue weighted by molar-refractivity contribution is 5.94. The molecule has 0 N–H and O–H groups in total. The van der Waals surface area contributed by atoms with Crippen molar-refractivity contribution in [3.63, 3.8) is 0 Å². The van der Waals surface area contributed by atoms with Gasteiger partial charge in [0.15, 0.2) is 17.3 Å². The van der Waals surface area contributed by atoms with Crippen molar-refractivity contribution in [2.24, 2.45) is 0 Å². The van der Waals surface area contributed by atoms with Gasteiger partial charge in [0.1, 0.15) is 6.61 Å². The van der Waals surface area contributed by atoms with Gasteiger partial charge in [0, 0.05) is 12.0 Å². The molecule has 1 rings (SSSR count). The first kappa shape index (κ1) is 16.4. The second-order valence-corrected chi connectivity index (χ2v) is 4.07. The number of Topliss-reactive ketones (excluding diaryl/α,β-unsaturated/α-hetero) is 1. The van der Waals surface area contributed by atoms with E-state index in [4.69, 9.17) is 4.74 Å². The van der Waals surface area contributed by atoms with Crippen LogP contribution in [0.3, 0.4) is 0 Å². The van der Waals surface area contributed by atoms with Crippen molar-refractivity contribution in [2.75, 3.05) is 19.8 Å². The van der Waals surface area contributed by atoms with Gasteiger partial charge < -0.3 is 9.47 Å². The first-order valence-electron chi connectivity index (χ1n) is 5.87. The van der Waals surface area contributed by atoms with Crippen LogP contribution in [0.2, 0.25) is 0 Å². The fourth-order valence-electron chi connectivity index (χ4n) is 1.37. The van der Waals surface area contributed by atoms with Gasteiger partial charge in [-0.25, -0.2) is 4.39 Å². The molecule has 0 bridgehead atoms. The minimum absolute atomic E-state index is 0.0220. The third kappa shape index (κ3) is 6.01. The van der Waals surface area contributed by atoms with Crippen LogP contribution in [0, 0.1) is 5.82 Å². The van der Waals surface area contributed by atoms with Crippen LogP contribution in [0.15, 0.2) is 18.2 Å². The average Bonchev–Trinajstić information content (AvgIpc) is 2.33. The van der Waals surface area contributed by atoms with Crippen molar-refractivity contribution in [3.05, 3.63) is 29.6 Å². The van der Waals surface area contributed by atoms with Crippen LogP contribution in [-0.2, 0) is 4.74 Å². The molecule has 0 radical (unpaired) electrons. The molecule has 3 nitrogen and oxygen atoms in total. The summed E-state index contributed by atoms with van der Waals surface area (Å²) >= 11 is 0. The van der Waals surface area contributed by atoms with Gasteiger partial charge >= 0.3 is 6.18 Å². The largest absolute Gasteiger partial charge is 0.490 e. The van der Waals surface area contributed by atoms with Crippen LogP contribution < -0.4 is 4.74 Å². The van der Waals surface area contributed by atoms with Crippen LogP contribution >= 0.6 is 0 Å². The quantitative estimate of drug-likeness (QED) is 0.439. The molecular formula is C13H14F4O3. The van der Waals surface area contributed by atoms with E-state index in [0.717, 1.165) is 6.07 Å². The summed E-state index contributed by atoms with van der Waals surface area (Å²) in [6.45, 7) is -0.108. The van der Waals surface area contributed by atoms with Gasteiger partial charge in [0.25, 0.3) is 0 Å². The molecule has 0 aliphatic heterocycles. The molecule has 0 aliphatic carbocycles. The number of halogens is 4. The van der Waals surface area contributed by atoms with Crippen molar-refractivity contribution < 1.29 is 31.8 Å². The molecule has 112 valence electrons. The molecule has 0 fully saturated rings. The van der Waals surface area contributed by atoms with Crippen molar-refractivity contribution >= 4 is 5.78 Å². The number of alkyl halides is 3. The number of carbonyl (C=O) groups is 1. The van der Waals surface area contributed by atoms with Gasteiger partial charge in [-0.2, -0.15) is 13.2 Å². The fraction of sp³-hybridized carbons (Fsp3) is 0.462. The molecule has 1 aromatic carbocycles. The Morgan fingerprint density at radius 3 is 2.50 bits per heavy atom. The van der Waals surface area contributed by atoms with E-state index in [1.165, 1.54) is 19.1 Å². The van der Waals surface area contributed by atoms with E-state index < -0.39 is 18.6 Å². The van der Waals surface area contributed by atoms with Gasteiger partial charge in [-0.05, 0) is 25.1 Å². The molecule has 20 heavy (non-hydrogen) atoms. The van der Waals surface area contributed by atoms with Crippen molar-refractivity contribution in [1.82, 2.24) is 0 Å². The van der Waals surface area contributed by atoms with Crippen LogP contribution in [0.25, 0.3) is 0 Å². The van der Waals surface area contributed by atoms with Gasteiger partial charge in [0.05, 0.1) is 13.2 Å². The molecule has 0 spiro atoms.